The van der Waals surface area contributed by atoms with Crippen molar-refractivity contribution in [2.75, 3.05) is 26.7 Å². The fourth-order valence-electron chi connectivity index (χ4n) is 7.11. The average molecular weight is 502 g/mol. The molecule has 2 saturated heterocycles. The van der Waals surface area contributed by atoms with E-state index < -0.39 is 28.7 Å². The molecular weight excluding hydrogens is 462 g/mol. The number of hydrogen-bond acceptors (Lipinski definition) is 5. The van der Waals surface area contributed by atoms with E-state index in [1.54, 1.807) is 28.6 Å². The van der Waals surface area contributed by atoms with Crippen LogP contribution in [0.5, 0.6) is 0 Å². The lowest BCUT2D eigenvalue weighted by molar-refractivity contribution is -0.148. The standard InChI is InChI=1S/C27H39N3O4S/c1-4-17(2)19(16-31)30-23-26(34)29(18-10-6-5-7-11-18)15-9-13-27(23)22(25(30)33)21-20(35-27)12-8-14-28(3)24(21)32/h8-9,12-13,17-23,31H,4-7,10-11,14-16H2,1-3H3/t17-,19-,20-,21+,22-,23?,27-/m0/s1. The molecule has 4 heterocycles. The SMILES string of the molecule is CC[C@H](C)[C@H](CO)N1C(=O)[C@@H]2[C@@H]3C(=O)N(C)CC=C[C@@H]3S[C@@]23C=CCN(C2CCCCC2)C(=O)C13. The molecule has 1 spiro atoms. The summed E-state index contributed by atoms with van der Waals surface area (Å²) in [6.07, 6.45) is 14.5. The number of carbonyl (C=O) groups is 3. The first-order valence-electron chi connectivity index (χ1n) is 13.4. The number of rotatable bonds is 5. The molecule has 0 aromatic heterocycles. The van der Waals surface area contributed by atoms with Crippen LogP contribution >= 0.6 is 11.8 Å². The molecule has 3 fully saturated rings. The number of likely N-dealkylation sites (N-methyl/N-ethyl adjacent to an activating group) is 1. The van der Waals surface area contributed by atoms with Crippen molar-refractivity contribution in [3.63, 3.8) is 0 Å². The van der Waals surface area contributed by atoms with Crippen LogP contribution in [0.2, 0.25) is 0 Å². The van der Waals surface area contributed by atoms with E-state index in [0.29, 0.717) is 13.1 Å². The van der Waals surface area contributed by atoms with E-state index in [1.807, 2.05) is 24.8 Å². The Morgan fingerprint density at radius 2 is 1.83 bits per heavy atom. The third kappa shape index (κ3) is 3.78. The molecule has 7 atom stereocenters. The third-order valence-corrected chi connectivity index (χ3v) is 10.9. The Bertz CT molecular complexity index is 931. The minimum absolute atomic E-state index is 0.00625. The van der Waals surface area contributed by atoms with E-state index in [1.165, 1.54) is 6.42 Å². The number of thioether (sulfide) groups is 1. The molecule has 5 aliphatic rings. The van der Waals surface area contributed by atoms with Crippen LogP contribution in [0.4, 0.5) is 0 Å². The quantitative estimate of drug-likeness (QED) is 0.586. The topological polar surface area (TPSA) is 81.2 Å². The fraction of sp³-hybridized carbons (Fsp3) is 0.741. The zero-order chi connectivity index (χ0) is 24.9. The van der Waals surface area contributed by atoms with Crippen molar-refractivity contribution < 1.29 is 19.5 Å². The first kappa shape index (κ1) is 24.9. The lowest BCUT2D eigenvalue weighted by atomic mass is 9.78. The molecule has 35 heavy (non-hydrogen) atoms. The summed E-state index contributed by atoms with van der Waals surface area (Å²) >= 11 is 1.62. The van der Waals surface area contributed by atoms with Gasteiger partial charge in [0.15, 0.2) is 0 Å². The smallest absolute Gasteiger partial charge is 0.247 e. The van der Waals surface area contributed by atoms with Crippen molar-refractivity contribution in [1.29, 1.82) is 0 Å². The van der Waals surface area contributed by atoms with Crippen molar-refractivity contribution >= 4 is 29.5 Å². The summed E-state index contributed by atoms with van der Waals surface area (Å²) in [7, 11) is 1.79. The Balaban J connectivity index is 1.62. The van der Waals surface area contributed by atoms with Crippen LogP contribution in [0.3, 0.4) is 0 Å². The van der Waals surface area contributed by atoms with E-state index in [-0.39, 0.29) is 41.5 Å². The predicted octanol–water partition coefficient (Wildman–Crippen LogP) is 2.45. The molecule has 0 bridgehead atoms. The summed E-state index contributed by atoms with van der Waals surface area (Å²) in [5, 5.41) is 10.3. The number of carbonyl (C=O) groups excluding carboxylic acids is 3. The number of nitrogens with zero attached hydrogens (tertiary/aromatic N) is 3. The monoisotopic (exact) mass is 501 g/mol. The molecule has 1 aliphatic carbocycles. The first-order valence-corrected chi connectivity index (χ1v) is 14.2. The lowest BCUT2D eigenvalue weighted by Crippen LogP contribution is -2.59. The highest BCUT2D eigenvalue weighted by molar-refractivity contribution is 8.02. The Morgan fingerprint density at radius 1 is 1.09 bits per heavy atom. The molecular formula is C27H39N3O4S. The van der Waals surface area contributed by atoms with Crippen molar-refractivity contribution in [3.8, 4) is 0 Å². The van der Waals surface area contributed by atoms with E-state index in [2.05, 4.69) is 18.2 Å². The van der Waals surface area contributed by atoms with Gasteiger partial charge in [0.05, 0.1) is 29.2 Å². The van der Waals surface area contributed by atoms with Gasteiger partial charge in [0.1, 0.15) is 6.04 Å². The van der Waals surface area contributed by atoms with Crippen molar-refractivity contribution in [1.82, 2.24) is 14.7 Å². The van der Waals surface area contributed by atoms with Gasteiger partial charge in [0, 0.05) is 31.4 Å². The molecule has 1 N–H and O–H groups in total. The molecule has 0 aromatic carbocycles. The Labute approximate surface area is 213 Å². The highest BCUT2D eigenvalue weighted by atomic mass is 32.2. The van der Waals surface area contributed by atoms with Gasteiger partial charge in [-0.05, 0) is 18.8 Å². The predicted molar refractivity (Wildman–Crippen MR) is 137 cm³/mol. The second-order valence-electron chi connectivity index (χ2n) is 11.1. The molecule has 0 aromatic rings. The zero-order valence-corrected chi connectivity index (χ0v) is 22.0. The normalized spacial score (nSPS) is 37.1. The molecule has 0 radical (unpaired) electrons. The zero-order valence-electron chi connectivity index (χ0n) is 21.1. The van der Waals surface area contributed by atoms with E-state index in [9.17, 15) is 19.5 Å². The minimum Gasteiger partial charge on any atom is -0.394 e. The second kappa shape index (κ2) is 9.58. The molecule has 8 heteroatoms. The third-order valence-electron chi connectivity index (χ3n) is 9.19. The molecule has 1 saturated carbocycles. The van der Waals surface area contributed by atoms with E-state index in [4.69, 9.17) is 0 Å². The summed E-state index contributed by atoms with van der Waals surface area (Å²) in [6.45, 7) is 4.97. The van der Waals surface area contributed by atoms with Gasteiger partial charge < -0.3 is 19.8 Å². The number of amides is 3. The average Bonchev–Trinajstić information content (AvgIpc) is 3.19. The van der Waals surface area contributed by atoms with Crippen molar-refractivity contribution in [2.24, 2.45) is 17.8 Å². The minimum atomic E-state index is -0.800. The summed E-state index contributed by atoms with van der Waals surface area (Å²) in [6, 6.07) is -0.958. The maximum atomic E-state index is 14.5. The molecule has 192 valence electrons. The molecule has 5 rings (SSSR count). The summed E-state index contributed by atoms with van der Waals surface area (Å²) in [4.78, 5) is 47.7. The Morgan fingerprint density at radius 3 is 2.51 bits per heavy atom. The summed E-state index contributed by atoms with van der Waals surface area (Å²) in [5.74, 6) is -1.25. The maximum absolute atomic E-state index is 14.5. The number of aliphatic hydroxyl groups is 1. The largest absolute Gasteiger partial charge is 0.394 e. The van der Waals surface area contributed by atoms with Crippen LogP contribution in [-0.2, 0) is 14.4 Å². The maximum Gasteiger partial charge on any atom is 0.247 e. The van der Waals surface area contributed by atoms with Gasteiger partial charge in [-0.2, -0.15) is 0 Å². The van der Waals surface area contributed by atoms with Gasteiger partial charge >= 0.3 is 0 Å². The van der Waals surface area contributed by atoms with Gasteiger partial charge in [-0.15, -0.1) is 11.8 Å². The van der Waals surface area contributed by atoms with E-state index >= 15 is 0 Å². The number of hydrogen-bond donors (Lipinski definition) is 1. The number of fused-ring (bicyclic) bond motifs is 2. The second-order valence-corrected chi connectivity index (χ2v) is 12.5. The summed E-state index contributed by atoms with van der Waals surface area (Å²) < 4.78 is -0.800. The molecule has 7 nitrogen and oxygen atoms in total. The molecule has 3 amide bonds. The molecule has 4 aliphatic heterocycles. The van der Waals surface area contributed by atoms with Crippen LogP contribution in [0.25, 0.3) is 0 Å². The van der Waals surface area contributed by atoms with Gasteiger partial charge in [0.25, 0.3) is 0 Å². The van der Waals surface area contributed by atoms with Crippen LogP contribution in [0.1, 0.15) is 52.4 Å². The first-order chi connectivity index (χ1) is 16.9. The van der Waals surface area contributed by atoms with Gasteiger partial charge in [-0.3, -0.25) is 14.4 Å². The number of aliphatic hydroxyl groups excluding tert-OH is 1. The van der Waals surface area contributed by atoms with Crippen molar-refractivity contribution in [3.05, 3.63) is 24.3 Å². The highest BCUT2D eigenvalue weighted by Gasteiger charge is 2.72. The summed E-state index contributed by atoms with van der Waals surface area (Å²) in [5.41, 5.74) is 0. The molecule has 1 unspecified atom stereocenters. The van der Waals surface area contributed by atoms with Crippen LogP contribution in [-0.4, -0.2) is 92.4 Å². The van der Waals surface area contributed by atoms with Crippen LogP contribution < -0.4 is 0 Å². The highest BCUT2D eigenvalue weighted by Crippen LogP contribution is 2.61. The fourth-order valence-corrected chi connectivity index (χ4v) is 9.11. The van der Waals surface area contributed by atoms with E-state index in [0.717, 1.165) is 32.1 Å². The van der Waals surface area contributed by atoms with Gasteiger partial charge in [-0.1, -0.05) is 63.8 Å². The number of likely N-dealkylation sites (tertiary alicyclic amines) is 1. The Kier molecular flexibility index (Phi) is 6.81. The lowest BCUT2D eigenvalue weighted by Gasteiger charge is -2.42. The van der Waals surface area contributed by atoms with Gasteiger partial charge in [0.2, 0.25) is 17.7 Å². The van der Waals surface area contributed by atoms with Gasteiger partial charge in [-0.25, -0.2) is 0 Å². The van der Waals surface area contributed by atoms with Crippen LogP contribution in [0.15, 0.2) is 24.3 Å². The Hall–Kier alpha value is -1.80. The van der Waals surface area contributed by atoms with Crippen molar-refractivity contribution in [2.45, 2.75) is 80.5 Å². The van der Waals surface area contributed by atoms with Crippen LogP contribution in [0, 0.1) is 17.8 Å².